The van der Waals surface area contributed by atoms with Crippen LogP contribution in [0.2, 0.25) is 0 Å². The van der Waals surface area contributed by atoms with Crippen LogP contribution in [0.15, 0.2) is 11.6 Å². The third kappa shape index (κ3) is 15.9. The Bertz CT molecular complexity index is 194. The van der Waals surface area contributed by atoms with Gasteiger partial charge in [-0.05, 0) is 32.6 Å². The van der Waals surface area contributed by atoms with Crippen LogP contribution in [0.1, 0.15) is 124 Å². The first-order chi connectivity index (χ1) is 10.3. The van der Waals surface area contributed by atoms with Gasteiger partial charge in [0.25, 0.3) is 0 Å². The molecule has 0 bridgehead atoms. The Labute approximate surface area is 135 Å². The molecule has 0 heteroatoms. The Hall–Kier alpha value is -0.260. The maximum Gasteiger partial charge on any atom is -0.0320 e. The largest absolute Gasteiger partial charge is 0.0885 e. The summed E-state index contributed by atoms with van der Waals surface area (Å²) in [6, 6.07) is 0. The van der Waals surface area contributed by atoms with Gasteiger partial charge in [-0.2, -0.15) is 0 Å². The highest BCUT2D eigenvalue weighted by Crippen LogP contribution is 2.18. The number of allylic oxidation sites excluding steroid dienone is 2. The molecule has 0 aliphatic carbocycles. The Morgan fingerprint density at radius 2 is 0.857 bits per heavy atom. The monoisotopic (exact) mass is 294 g/mol. The van der Waals surface area contributed by atoms with Gasteiger partial charge in [0.05, 0.1) is 0 Å². The van der Waals surface area contributed by atoms with E-state index in [1.807, 2.05) is 0 Å². The van der Waals surface area contributed by atoms with Gasteiger partial charge in [0.1, 0.15) is 0 Å². The van der Waals surface area contributed by atoms with Gasteiger partial charge in [-0.25, -0.2) is 0 Å². The topological polar surface area (TPSA) is 0 Å². The first-order valence-electron chi connectivity index (χ1n) is 9.99. The quantitative estimate of drug-likeness (QED) is 0.199. The molecule has 0 aliphatic rings. The summed E-state index contributed by atoms with van der Waals surface area (Å²) < 4.78 is 0. The van der Waals surface area contributed by atoms with Crippen LogP contribution >= 0.6 is 0 Å². The van der Waals surface area contributed by atoms with E-state index in [1.54, 1.807) is 5.57 Å². The Balaban J connectivity index is 3.34. The highest BCUT2D eigenvalue weighted by atomic mass is 14.0. The fraction of sp³-hybridized carbons (Fsp3) is 0.905. The van der Waals surface area contributed by atoms with E-state index in [4.69, 9.17) is 0 Å². The van der Waals surface area contributed by atoms with Crippen molar-refractivity contribution >= 4 is 0 Å². The van der Waals surface area contributed by atoms with Crippen molar-refractivity contribution in [3.63, 3.8) is 0 Å². The van der Waals surface area contributed by atoms with E-state index in [-0.39, 0.29) is 0 Å². The van der Waals surface area contributed by atoms with Gasteiger partial charge in [-0.15, -0.1) is 0 Å². The predicted molar refractivity (Wildman–Crippen MR) is 99.0 cm³/mol. The van der Waals surface area contributed by atoms with Gasteiger partial charge >= 0.3 is 0 Å². The van der Waals surface area contributed by atoms with Crippen molar-refractivity contribution in [3.8, 4) is 0 Å². The summed E-state index contributed by atoms with van der Waals surface area (Å²) >= 11 is 0. The van der Waals surface area contributed by atoms with Crippen LogP contribution in [0.25, 0.3) is 0 Å². The lowest BCUT2D eigenvalue weighted by Gasteiger charge is -2.07. The molecule has 0 N–H and O–H groups in total. The molecule has 0 rings (SSSR count). The molecule has 0 unspecified atom stereocenters. The van der Waals surface area contributed by atoms with E-state index >= 15 is 0 Å². The van der Waals surface area contributed by atoms with Crippen LogP contribution in [-0.2, 0) is 0 Å². The van der Waals surface area contributed by atoms with E-state index in [0.717, 1.165) is 0 Å². The summed E-state index contributed by atoms with van der Waals surface area (Å²) in [5.41, 5.74) is 1.72. The van der Waals surface area contributed by atoms with Crippen LogP contribution in [0.5, 0.6) is 0 Å². The van der Waals surface area contributed by atoms with E-state index in [0.29, 0.717) is 0 Å². The molecule has 0 saturated heterocycles. The first-order valence-corrected chi connectivity index (χ1v) is 9.99. The lowest BCUT2D eigenvalue weighted by Crippen LogP contribution is -1.87. The minimum absolute atomic E-state index is 1.36. The molecule has 0 aromatic rings. The molecule has 0 aromatic heterocycles. The minimum Gasteiger partial charge on any atom is -0.0885 e. The van der Waals surface area contributed by atoms with Crippen LogP contribution in [0.4, 0.5) is 0 Å². The van der Waals surface area contributed by atoms with Gasteiger partial charge < -0.3 is 0 Å². The average molecular weight is 295 g/mol. The molecule has 0 aromatic carbocycles. The molecule has 0 atom stereocenters. The molecule has 0 aliphatic heterocycles. The van der Waals surface area contributed by atoms with Crippen molar-refractivity contribution in [2.24, 2.45) is 0 Å². The van der Waals surface area contributed by atoms with Crippen LogP contribution in [0.3, 0.4) is 0 Å². The highest BCUT2D eigenvalue weighted by Gasteiger charge is 1.98. The Morgan fingerprint density at radius 3 is 1.19 bits per heavy atom. The van der Waals surface area contributed by atoms with Crippen molar-refractivity contribution in [1.82, 2.24) is 0 Å². The lowest BCUT2D eigenvalue weighted by atomic mass is 9.99. The second-order valence-corrected chi connectivity index (χ2v) is 6.69. The van der Waals surface area contributed by atoms with Crippen molar-refractivity contribution in [1.29, 1.82) is 0 Å². The van der Waals surface area contributed by atoms with Crippen molar-refractivity contribution in [3.05, 3.63) is 11.6 Å². The van der Waals surface area contributed by atoms with Gasteiger partial charge in [-0.3, -0.25) is 0 Å². The molecule has 126 valence electrons. The molecule has 21 heavy (non-hydrogen) atoms. The van der Waals surface area contributed by atoms with E-state index < -0.39 is 0 Å². The zero-order valence-electron chi connectivity index (χ0n) is 15.4. The summed E-state index contributed by atoms with van der Waals surface area (Å²) in [7, 11) is 0. The Morgan fingerprint density at radius 1 is 0.524 bits per heavy atom. The third-order valence-corrected chi connectivity index (χ3v) is 4.61. The fourth-order valence-electron chi connectivity index (χ4n) is 3.03. The van der Waals surface area contributed by atoms with Crippen molar-refractivity contribution in [2.75, 3.05) is 0 Å². The van der Waals surface area contributed by atoms with E-state index in [2.05, 4.69) is 26.8 Å². The van der Waals surface area contributed by atoms with Crippen molar-refractivity contribution in [2.45, 2.75) is 124 Å². The van der Waals surface area contributed by atoms with Gasteiger partial charge in [0.15, 0.2) is 0 Å². The van der Waals surface area contributed by atoms with E-state index in [9.17, 15) is 0 Å². The standard InChI is InChI=1S/C21H42/c1-4-7-9-11-13-15-17-19-21(6-3)20-18-16-14-12-10-8-5-2/h6H,4-5,7-20H2,1-3H3. The highest BCUT2D eigenvalue weighted by molar-refractivity contribution is 4.99. The maximum absolute atomic E-state index is 2.38. The average Bonchev–Trinajstić information content (AvgIpc) is 2.51. The molecule has 0 nitrogen and oxygen atoms in total. The number of rotatable bonds is 16. The van der Waals surface area contributed by atoms with Gasteiger partial charge in [-0.1, -0.05) is 103 Å². The maximum atomic E-state index is 2.38. The second kappa shape index (κ2) is 17.8. The van der Waals surface area contributed by atoms with Crippen LogP contribution in [-0.4, -0.2) is 0 Å². The second-order valence-electron chi connectivity index (χ2n) is 6.69. The summed E-state index contributed by atoms with van der Waals surface area (Å²) in [5, 5.41) is 0. The number of hydrogen-bond acceptors (Lipinski definition) is 0. The number of unbranched alkanes of at least 4 members (excludes halogenated alkanes) is 12. The van der Waals surface area contributed by atoms with E-state index in [1.165, 1.54) is 103 Å². The number of hydrogen-bond donors (Lipinski definition) is 0. The van der Waals surface area contributed by atoms with Crippen molar-refractivity contribution < 1.29 is 0 Å². The van der Waals surface area contributed by atoms with Gasteiger partial charge in [0, 0.05) is 0 Å². The molecule has 0 heterocycles. The lowest BCUT2D eigenvalue weighted by molar-refractivity contribution is 0.570. The zero-order valence-corrected chi connectivity index (χ0v) is 15.4. The predicted octanol–water partition coefficient (Wildman–Crippen LogP) is 8.21. The normalized spacial score (nSPS) is 10.8. The molecular weight excluding hydrogens is 252 g/mol. The molecule has 0 amide bonds. The van der Waals surface area contributed by atoms with Crippen LogP contribution < -0.4 is 0 Å². The molecule has 0 spiro atoms. The SMILES string of the molecule is CC=C(CCCCCCCCC)CCCCCCCCC. The molecule has 0 fully saturated rings. The smallest absolute Gasteiger partial charge is 0.0320 e. The summed E-state index contributed by atoms with van der Waals surface area (Å²) in [6.07, 6.45) is 25.1. The molecule has 0 saturated carbocycles. The summed E-state index contributed by atoms with van der Waals surface area (Å²) in [4.78, 5) is 0. The summed E-state index contributed by atoms with van der Waals surface area (Å²) in [5.74, 6) is 0. The third-order valence-electron chi connectivity index (χ3n) is 4.61. The minimum atomic E-state index is 1.36. The first kappa shape index (κ1) is 20.7. The molecule has 0 radical (unpaired) electrons. The fourth-order valence-corrected chi connectivity index (χ4v) is 3.03. The van der Waals surface area contributed by atoms with Crippen LogP contribution in [0, 0.1) is 0 Å². The van der Waals surface area contributed by atoms with Gasteiger partial charge in [0.2, 0.25) is 0 Å². The zero-order chi connectivity index (χ0) is 15.6. The Kier molecular flexibility index (Phi) is 17.6. The summed E-state index contributed by atoms with van der Waals surface area (Å²) in [6.45, 7) is 6.82. The molecular formula is C21H42.